The second kappa shape index (κ2) is 6.24. The lowest BCUT2D eigenvalue weighted by Gasteiger charge is -2.16. The Morgan fingerprint density at radius 3 is 2.75 bits per heavy atom. The number of nitrogens with zero attached hydrogens (tertiary/aromatic N) is 2. The zero-order chi connectivity index (χ0) is 17.3. The number of carbonyl (C=O) groups excluding carboxylic acids is 1. The van der Waals surface area contributed by atoms with Gasteiger partial charge in [0.1, 0.15) is 5.82 Å². The minimum absolute atomic E-state index is 0.0475. The Hall–Kier alpha value is -2.41. The van der Waals surface area contributed by atoms with Gasteiger partial charge in [-0.3, -0.25) is 9.52 Å². The quantitative estimate of drug-likeness (QED) is 0.923. The summed E-state index contributed by atoms with van der Waals surface area (Å²) in [6.45, 7) is 4.30. The maximum absolute atomic E-state index is 12.5. The first-order valence-corrected chi connectivity index (χ1v) is 9.28. The summed E-state index contributed by atoms with van der Waals surface area (Å²) in [5, 5.41) is 0. The van der Waals surface area contributed by atoms with Gasteiger partial charge in [-0.25, -0.2) is 13.4 Å². The average molecular weight is 345 g/mol. The Labute approximate surface area is 141 Å². The summed E-state index contributed by atoms with van der Waals surface area (Å²) in [6.07, 6.45) is 2.70. The van der Waals surface area contributed by atoms with Gasteiger partial charge >= 0.3 is 0 Å². The molecule has 0 bridgehead atoms. The van der Waals surface area contributed by atoms with E-state index in [1.165, 1.54) is 6.07 Å². The zero-order valence-corrected chi connectivity index (χ0v) is 14.4. The van der Waals surface area contributed by atoms with Crippen LogP contribution in [0.3, 0.4) is 0 Å². The smallest absolute Gasteiger partial charge is 0.263 e. The summed E-state index contributed by atoms with van der Waals surface area (Å²) in [4.78, 5) is 17.9. The van der Waals surface area contributed by atoms with Gasteiger partial charge in [0, 0.05) is 24.8 Å². The predicted molar refractivity (Wildman–Crippen MR) is 92.6 cm³/mol. The van der Waals surface area contributed by atoms with Crippen LogP contribution in [0.2, 0.25) is 0 Å². The van der Waals surface area contributed by atoms with Crippen molar-refractivity contribution < 1.29 is 13.2 Å². The van der Waals surface area contributed by atoms with E-state index in [9.17, 15) is 13.2 Å². The molecule has 0 unspecified atom stereocenters. The van der Waals surface area contributed by atoms with Crippen molar-refractivity contribution in [3.8, 4) is 0 Å². The predicted octanol–water partition coefficient (Wildman–Crippen LogP) is 2.49. The highest BCUT2D eigenvalue weighted by atomic mass is 32.2. The molecule has 1 aliphatic heterocycles. The number of rotatable bonds is 4. The lowest BCUT2D eigenvalue weighted by atomic mass is 10.2. The van der Waals surface area contributed by atoms with Gasteiger partial charge in [0.15, 0.2) is 0 Å². The number of anilines is 2. The van der Waals surface area contributed by atoms with Gasteiger partial charge in [-0.2, -0.15) is 0 Å². The molecule has 1 aromatic heterocycles. The summed E-state index contributed by atoms with van der Waals surface area (Å²) in [5.74, 6) is 0.329. The largest absolute Gasteiger partial charge is 0.312 e. The van der Waals surface area contributed by atoms with Crippen LogP contribution >= 0.6 is 0 Å². The van der Waals surface area contributed by atoms with Gasteiger partial charge in [-0.1, -0.05) is 13.0 Å². The molecule has 1 aliphatic rings. The van der Waals surface area contributed by atoms with Crippen LogP contribution in [0.25, 0.3) is 0 Å². The number of sulfonamides is 1. The Morgan fingerprint density at radius 2 is 2.08 bits per heavy atom. The lowest BCUT2D eigenvalue weighted by molar-refractivity contribution is -0.118. The molecule has 0 aliphatic carbocycles. The van der Waals surface area contributed by atoms with Crippen LogP contribution in [0, 0.1) is 6.92 Å². The van der Waals surface area contributed by atoms with E-state index in [1.54, 1.807) is 35.4 Å². The van der Waals surface area contributed by atoms with Crippen molar-refractivity contribution in [2.75, 3.05) is 16.2 Å². The van der Waals surface area contributed by atoms with Gasteiger partial charge in [-0.15, -0.1) is 0 Å². The van der Waals surface area contributed by atoms with Crippen LogP contribution in [0.5, 0.6) is 0 Å². The first-order chi connectivity index (χ1) is 11.4. The molecule has 0 saturated heterocycles. The molecule has 1 aromatic carbocycles. The SMILES string of the molecule is CCC(=O)N1CCc2cc(S(=O)(=O)Nc3ccc(C)cn3)ccc21. The molecule has 0 spiro atoms. The van der Waals surface area contributed by atoms with E-state index in [1.807, 2.05) is 13.8 Å². The molecule has 0 radical (unpaired) electrons. The highest BCUT2D eigenvalue weighted by Gasteiger charge is 2.25. The van der Waals surface area contributed by atoms with Gasteiger partial charge in [0.25, 0.3) is 10.0 Å². The first kappa shape index (κ1) is 16.4. The molecule has 1 amide bonds. The fourth-order valence-electron chi connectivity index (χ4n) is 2.72. The average Bonchev–Trinajstić information content (AvgIpc) is 2.99. The van der Waals surface area contributed by atoms with Crippen molar-refractivity contribution in [3.63, 3.8) is 0 Å². The van der Waals surface area contributed by atoms with Crippen molar-refractivity contribution in [1.82, 2.24) is 4.98 Å². The first-order valence-electron chi connectivity index (χ1n) is 7.79. The standard InChI is InChI=1S/C17H19N3O3S/c1-3-17(21)20-9-8-13-10-14(5-6-15(13)20)24(22,23)19-16-7-4-12(2)11-18-16/h4-7,10-11H,3,8-9H2,1-2H3,(H,18,19). The van der Waals surface area contributed by atoms with E-state index >= 15 is 0 Å². The number of nitrogens with one attached hydrogen (secondary N) is 1. The van der Waals surface area contributed by atoms with Crippen LogP contribution in [0.1, 0.15) is 24.5 Å². The van der Waals surface area contributed by atoms with E-state index in [-0.39, 0.29) is 16.6 Å². The summed E-state index contributed by atoms with van der Waals surface area (Å²) >= 11 is 0. The second-order valence-electron chi connectivity index (χ2n) is 5.77. The molecule has 1 N–H and O–H groups in total. The minimum Gasteiger partial charge on any atom is -0.312 e. The number of carbonyl (C=O) groups is 1. The fourth-order valence-corrected chi connectivity index (χ4v) is 3.78. The number of amides is 1. The summed E-state index contributed by atoms with van der Waals surface area (Å²) in [7, 11) is -3.71. The van der Waals surface area contributed by atoms with Crippen LogP contribution in [-0.4, -0.2) is 25.9 Å². The number of fused-ring (bicyclic) bond motifs is 1. The molecule has 24 heavy (non-hydrogen) atoms. The highest BCUT2D eigenvalue weighted by Crippen LogP contribution is 2.31. The molecular weight excluding hydrogens is 326 g/mol. The normalized spacial score (nSPS) is 13.7. The second-order valence-corrected chi connectivity index (χ2v) is 7.45. The van der Waals surface area contributed by atoms with Crippen LogP contribution < -0.4 is 9.62 Å². The van der Waals surface area contributed by atoms with Crippen LogP contribution in [0.4, 0.5) is 11.5 Å². The summed E-state index contributed by atoms with van der Waals surface area (Å²) in [6, 6.07) is 8.28. The monoisotopic (exact) mass is 345 g/mol. The zero-order valence-electron chi connectivity index (χ0n) is 13.6. The van der Waals surface area contributed by atoms with Crippen molar-refractivity contribution in [2.24, 2.45) is 0 Å². The third-order valence-electron chi connectivity index (χ3n) is 4.01. The molecule has 0 atom stereocenters. The van der Waals surface area contributed by atoms with Gasteiger partial charge in [0.2, 0.25) is 5.91 Å². The van der Waals surface area contributed by atoms with E-state index in [0.29, 0.717) is 19.4 Å². The molecule has 126 valence electrons. The van der Waals surface area contributed by atoms with Gasteiger partial charge in [0.05, 0.1) is 4.90 Å². The topological polar surface area (TPSA) is 79.4 Å². The number of hydrogen-bond acceptors (Lipinski definition) is 4. The fraction of sp³-hybridized carbons (Fsp3) is 0.294. The van der Waals surface area contributed by atoms with Crippen molar-refractivity contribution in [1.29, 1.82) is 0 Å². The van der Waals surface area contributed by atoms with Gasteiger partial charge in [-0.05, 0) is 48.7 Å². The van der Waals surface area contributed by atoms with Crippen LogP contribution in [-0.2, 0) is 21.2 Å². The number of aryl methyl sites for hydroxylation is 1. The Kier molecular flexibility index (Phi) is 4.28. The molecular formula is C17H19N3O3S. The third kappa shape index (κ3) is 3.12. The maximum atomic E-state index is 12.5. The number of hydrogen-bond donors (Lipinski definition) is 1. The van der Waals surface area contributed by atoms with E-state index in [2.05, 4.69) is 9.71 Å². The van der Waals surface area contributed by atoms with Crippen molar-refractivity contribution in [3.05, 3.63) is 47.7 Å². The van der Waals surface area contributed by atoms with Crippen molar-refractivity contribution in [2.45, 2.75) is 31.6 Å². The van der Waals surface area contributed by atoms with E-state index in [0.717, 1.165) is 16.8 Å². The third-order valence-corrected chi connectivity index (χ3v) is 5.36. The molecule has 0 saturated carbocycles. The molecule has 3 rings (SSSR count). The molecule has 7 heteroatoms. The Bertz CT molecular complexity index is 876. The Balaban J connectivity index is 1.87. The molecule has 2 aromatic rings. The van der Waals surface area contributed by atoms with Crippen LogP contribution in [0.15, 0.2) is 41.4 Å². The van der Waals surface area contributed by atoms with E-state index < -0.39 is 10.0 Å². The molecule has 2 heterocycles. The van der Waals surface area contributed by atoms with Crippen molar-refractivity contribution >= 4 is 27.4 Å². The summed E-state index contributed by atoms with van der Waals surface area (Å²) < 4.78 is 27.5. The number of benzene rings is 1. The Morgan fingerprint density at radius 1 is 1.29 bits per heavy atom. The number of pyridine rings is 1. The highest BCUT2D eigenvalue weighted by molar-refractivity contribution is 7.92. The lowest BCUT2D eigenvalue weighted by Crippen LogP contribution is -2.27. The van der Waals surface area contributed by atoms with E-state index in [4.69, 9.17) is 0 Å². The minimum atomic E-state index is -3.71. The molecule has 0 fully saturated rings. The maximum Gasteiger partial charge on any atom is 0.263 e. The number of aromatic nitrogens is 1. The summed E-state index contributed by atoms with van der Waals surface area (Å²) in [5.41, 5.74) is 2.63. The molecule has 6 nitrogen and oxygen atoms in total. The van der Waals surface area contributed by atoms with Gasteiger partial charge < -0.3 is 4.90 Å².